The lowest BCUT2D eigenvalue weighted by Crippen LogP contribution is -2.29. The summed E-state index contributed by atoms with van der Waals surface area (Å²) in [5.74, 6) is -2.26. The van der Waals surface area contributed by atoms with Crippen molar-refractivity contribution in [1.29, 1.82) is 0 Å². The van der Waals surface area contributed by atoms with Gasteiger partial charge in [-0.05, 0) is 41.8 Å². The van der Waals surface area contributed by atoms with E-state index in [2.05, 4.69) is 0 Å². The third-order valence-electron chi connectivity index (χ3n) is 4.22. The lowest BCUT2D eigenvalue weighted by atomic mass is 10.1. The van der Waals surface area contributed by atoms with Crippen LogP contribution in [0.3, 0.4) is 0 Å². The largest absolute Gasteiger partial charge is 0.508 e. The molecule has 0 aromatic heterocycles. The average molecular weight is 333 g/mol. The second-order valence-corrected chi connectivity index (χ2v) is 5.69. The molecule has 0 aliphatic carbocycles. The van der Waals surface area contributed by atoms with Gasteiger partial charge in [0.05, 0.1) is 22.4 Å². The predicted octanol–water partition coefficient (Wildman–Crippen LogP) is 3.04. The summed E-state index contributed by atoms with van der Waals surface area (Å²) >= 11 is 0. The number of carbonyl (C=O) groups is 3. The van der Waals surface area contributed by atoms with Gasteiger partial charge in [-0.2, -0.15) is 0 Å². The van der Waals surface area contributed by atoms with Crippen molar-refractivity contribution in [3.05, 3.63) is 71.3 Å². The highest BCUT2D eigenvalue weighted by Gasteiger charge is 2.37. The van der Waals surface area contributed by atoms with Gasteiger partial charge in [0.1, 0.15) is 5.75 Å². The van der Waals surface area contributed by atoms with Crippen molar-refractivity contribution in [3.63, 3.8) is 0 Å². The van der Waals surface area contributed by atoms with E-state index in [9.17, 15) is 19.5 Å². The molecule has 0 fully saturated rings. The van der Waals surface area contributed by atoms with Gasteiger partial charge in [0.25, 0.3) is 11.8 Å². The highest BCUT2D eigenvalue weighted by molar-refractivity contribution is 6.36. The van der Waals surface area contributed by atoms with E-state index >= 15 is 0 Å². The molecule has 4 rings (SSSR count). The maximum atomic E-state index is 12.8. The molecule has 2 N–H and O–H groups in total. The van der Waals surface area contributed by atoms with Crippen molar-refractivity contribution in [2.24, 2.45) is 0 Å². The Bertz CT molecular complexity index is 1090. The number of phenols is 1. The van der Waals surface area contributed by atoms with E-state index in [1.807, 2.05) is 0 Å². The molecule has 3 aromatic rings. The Morgan fingerprint density at radius 3 is 2.40 bits per heavy atom. The second kappa shape index (κ2) is 5.17. The van der Waals surface area contributed by atoms with E-state index in [1.54, 1.807) is 24.3 Å². The van der Waals surface area contributed by atoms with Crippen LogP contribution in [0.2, 0.25) is 0 Å². The maximum absolute atomic E-state index is 12.8. The van der Waals surface area contributed by atoms with Crippen LogP contribution in [0, 0.1) is 0 Å². The van der Waals surface area contributed by atoms with E-state index < -0.39 is 17.8 Å². The second-order valence-electron chi connectivity index (χ2n) is 5.69. The fraction of sp³-hybridized carbons (Fsp3) is 0. The number of carboxylic acid groups (broad SMARTS) is 1. The molecule has 0 atom stereocenters. The number of fused-ring (bicyclic) bond motifs is 2. The summed E-state index contributed by atoms with van der Waals surface area (Å²) in [6, 6.07) is 13.7. The number of nitrogens with zero attached hydrogens (tertiary/aromatic N) is 1. The zero-order chi connectivity index (χ0) is 17.7. The molecule has 1 heterocycles. The molecular weight excluding hydrogens is 322 g/mol. The number of imide groups is 1. The first-order valence-electron chi connectivity index (χ1n) is 7.45. The van der Waals surface area contributed by atoms with Crippen LogP contribution in [0.25, 0.3) is 10.8 Å². The normalized spacial score (nSPS) is 13.4. The number of carboxylic acids is 1. The third kappa shape index (κ3) is 2.15. The van der Waals surface area contributed by atoms with Gasteiger partial charge in [0, 0.05) is 5.39 Å². The van der Waals surface area contributed by atoms with Crippen LogP contribution in [0.4, 0.5) is 5.69 Å². The molecule has 3 aromatic carbocycles. The van der Waals surface area contributed by atoms with Crippen LogP contribution < -0.4 is 4.90 Å². The predicted molar refractivity (Wildman–Crippen MR) is 90.2 cm³/mol. The first kappa shape index (κ1) is 14.9. The molecule has 0 radical (unpaired) electrons. The Morgan fingerprint density at radius 2 is 1.64 bits per heavy atom. The van der Waals surface area contributed by atoms with E-state index in [0.717, 1.165) is 10.3 Å². The minimum atomic E-state index is -1.17. The van der Waals surface area contributed by atoms with Gasteiger partial charge in [-0.25, -0.2) is 9.69 Å². The van der Waals surface area contributed by atoms with Crippen LogP contribution in [-0.2, 0) is 0 Å². The van der Waals surface area contributed by atoms with E-state index in [4.69, 9.17) is 5.11 Å². The van der Waals surface area contributed by atoms with Crippen LogP contribution >= 0.6 is 0 Å². The molecule has 2 amide bonds. The standard InChI is InChI=1S/C19H11NO5/c21-12-6-4-10-2-1-3-16(14(10)9-12)20-17(22)13-7-5-11(19(24)25)8-15(13)18(20)23/h1-9,21H,(H,24,25). The molecule has 1 aliphatic rings. The van der Waals surface area contributed by atoms with Crippen molar-refractivity contribution in [2.75, 3.05) is 4.90 Å². The molecule has 0 bridgehead atoms. The first-order chi connectivity index (χ1) is 12.0. The summed E-state index contributed by atoms with van der Waals surface area (Å²) < 4.78 is 0. The Morgan fingerprint density at radius 1 is 0.880 bits per heavy atom. The van der Waals surface area contributed by atoms with Gasteiger partial charge < -0.3 is 10.2 Å². The molecule has 122 valence electrons. The minimum absolute atomic E-state index is 0.0183. The molecule has 0 saturated heterocycles. The first-order valence-corrected chi connectivity index (χ1v) is 7.45. The fourth-order valence-corrected chi connectivity index (χ4v) is 3.03. The van der Waals surface area contributed by atoms with Crippen LogP contribution in [0.5, 0.6) is 5.75 Å². The SMILES string of the molecule is O=C(O)c1ccc2c(c1)C(=O)N(c1cccc3ccc(O)cc13)C2=O. The van der Waals surface area contributed by atoms with Crippen molar-refractivity contribution in [2.45, 2.75) is 0 Å². The minimum Gasteiger partial charge on any atom is -0.508 e. The molecule has 0 unspecified atom stereocenters. The average Bonchev–Trinajstić information content (AvgIpc) is 2.85. The fourth-order valence-electron chi connectivity index (χ4n) is 3.03. The molecule has 6 heteroatoms. The summed E-state index contributed by atoms with van der Waals surface area (Å²) in [5, 5.41) is 20.1. The summed E-state index contributed by atoms with van der Waals surface area (Å²) in [4.78, 5) is 37.6. The lowest BCUT2D eigenvalue weighted by molar-refractivity contribution is 0.0696. The summed E-state index contributed by atoms with van der Waals surface area (Å²) in [7, 11) is 0. The van der Waals surface area contributed by atoms with Gasteiger partial charge in [-0.3, -0.25) is 9.59 Å². The summed E-state index contributed by atoms with van der Waals surface area (Å²) in [6.45, 7) is 0. The summed E-state index contributed by atoms with van der Waals surface area (Å²) in [6.07, 6.45) is 0. The Hall–Kier alpha value is -3.67. The zero-order valence-corrected chi connectivity index (χ0v) is 12.8. The van der Waals surface area contributed by atoms with Gasteiger partial charge in [0.2, 0.25) is 0 Å². The molecule has 1 aliphatic heterocycles. The number of anilines is 1. The number of carbonyl (C=O) groups excluding carboxylic acids is 2. The van der Waals surface area contributed by atoms with E-state index in [0.29, 0.717) is 11.1 Å². The van der Waals surface area contributed by atoms with E-state index in [-0.39, 0.29) is 22.4 Å². The zero-order valence-electron chi connectivity index (χ0n) is 12.8. The number of phenolic OH excluding ortho intramolecular Hbond substituents is 1. The summed E-state index contributed by atoms with van der Waals surface area (Å²) in [5.41, 5.74) is 0.503. The van der Waals surface area contributed by atoms with Crippen molar-refractivity contribution in [3.8, 4) is 5.75 Å². The van der Waals surface area contributed by atoms with Gasteiger partial charge in [0.15, 0.2) is 0 Å². The smallest absolute Gasteiger partial charge is 0.335 e. The van der Waals surface area contributed by atoms with E-state index in [1.165, 1.54) is 30.3 Å². The highest BCUT2D eigenvalue weighted by atomic mass is 16.4. The number of amides is 2. The van der Waals surface area contributed by atoms with Crippen molar-refractivity contribution >= 4 is 34.2 Å². The topological polar surface area (TPSA) is 94.9 Å². The number of hydrogen-bond donors (Lipinski definition) is 2. The monoisotopic (exact) mass is 333 g/mol. The Labute approximate surface area is 141 Å². The molecule has 6 nitrogen and oxygen atoms in total. The van der Waals surface area contributed by atoms with Crippen molar-refractivity contribution < 1.29 is 24.6 Å². The van der Waals surface area contributed by atoms with Crippen LogP contribution in [0.1, 0.15) is 31.1 Å². The number of benzene rings is 3. The number of aromatic carboxylic acids is 1. The van der Waals surface area contributed by atoms with Gasteiger partial charge >= 0.3 is 5.97 Å². The molecule has 25 heavy (non-hydrogen) atoms. The molecular formula is C19H11NO5. The van der Waals surface area contributed by atoms with Gasteiger partial charge in [-0.1, -0.05) is 18.2 Å². The molecule has 0 saturated carbocycles. The quantitative estimate of drug-likeness (QED) is 0.703. The maximum Gasteiger partial charge on any atom is 0.335 e. The van der Waals surface area contributed by atoms with Crippen LogP contribution in [0.15, 0.2) is 54.6 Å². The van der Waals surface area contributed by atoms with Crippen molar-refractivity contribution in [1.82, 2.24) is 0 Å². The van der Waals surface area contributed by atoms with Crippen LogP contribution in [-0.4, -0.2) is 28.0 Å². The molecule has 0 spiro atoms. The number of aromatic hydroxyl groups is 1. The Kier molecular flexibility index (Phi) is 3.08. The Balaban J connectivity index is 1.91. The number of hydrogen-bond acceptors (Lipinski definition) is 4. The third-order valence-corrected chi connectivity index (χ3v) is 4.22. The lowest BCUT2D eigenvalue weighted by Gasteiger charge is -2.16. The van der Waals surface area contributed by atoms with Gasteiger partial charge in [-0.15, -0.1) is 0 Å². The highest BCUT2D eigenvalue weighted by Crippen LogP contribution is 2.35. The number of rotatable bonds is 2.